The molecule has 1 unspecified atom stereocenters. The van der Waals surface area contributed by atoms with Crippen LogP contribution in [0.25, 0.3) is 0 Å². The van der Waals surface area contributed by atoms with Crippen molar-refractivity contribution >= 4 is 17.9 Å². The van der Waals surface area contributed by atoms with Crippen molar-refractivity contribution in [1.29, 1.82) is 0 Å². The van der Waals surface area contributed by atoms with E-state index in [4.69, 9.17) is 4.74 Å². The quantitative estimate of drug-likeness (QED) is 0.823. The summed E-state index contributed by atoms with van der Waals surface area (Å²) >= 11 is 0. The molecule has 1 aliphatic heterocycles. The predicted octanol–water partition coefficient (Wildman–Crippen LogP) is 0.956. The van der Waals surface area contributed by atoms with Crippen LogP contribution in [0, 0.1) is 0 Å². The molecule has 8 heteroatoms. The molecule has 8 nitrogen and oxygen atoms in total. The fraction of sp³-hybridized carbons (Fsp3) is 0.667. The van der Waals surface area contributed by atoms with Gasteiger partial charge >= 0.3 is 12.1 Å². The second-order valence-corrected chi connectivity index (χ2v) is 5.73. The molecule has 2 heterocycles. The number of rotatable bonds is 1. The van der Waals surface area contributed by atoms with Crippen LogP contribution in [-0.2, 0) is 23.0 Å². The van der Waals surface area contributed by atoms with Gasteiger partial charge in [-0.25, -0.2) is 19.2 Å². The van der Waals surface area contributed by atoms with Crippen LogP contribution in [0.15, 0.2) is 0 Å². The molecular weight excluding hydrogens is 264 g/mol. The number of amides is 1. The second-order valence-electron chi connectivity index (χ2n) is 5.73. The van der Waals surface area contributed by atoms with Crippen molar-refractivity contribution < 1.29 is 19.4 Å². The molecule has 1 atom stereocenters. The maximum atomic E-state index is 12.3. The van der Waals surface area contributed by atoms with E-state index in [1.807, 2.05) is 0 Å². The molecule has 0 aromatic carbocycles. The zero-order chi connectivity index (χ0) is 15.1. The summed E-state index contributed by atoms with van der Waals surface area (Å²) in [6, 6.07) is -0.963. The number of aliphatic carboxylic acids is 1. The zero-order valence-electron chi connectivity index (χ0n) is 12.0. The Morgan fingerprint density at radius 1 is 1.40 bits per heavy atom. The first kappa shape index (κ1) is 14.3. The first-order valence-corrected chi connectivity index (χ1v) is 6.34. The third kappa shape index (κ3) is 2.59. The van der Waals surface area contributed by atoms with Crippen molar-refractivity contribution in [3.05, 3.63) is 5.69 Å². The van der Waals surface area contributed by atoms with E-state index in [-0.39, 0.29) is 0 Å². The summed E-state index contributed by atoms with van der Waals surface area (Å²) in [7, 11) is 1.62. The van der Waals surface area contributed by atoms with E-state index in [2.05, 4.69) is 10.3 Å². The van der Waals surface area contributed by atoms with Gasteiger partial charge in [-0.2, -0.15) is 0 Å². The molecule has 1 aromatic heterocycles. The fourth-order valence-electron chi connectivity index (χ4n) is 2.16. The lowest BCUT2D eigenvalue weighted by Crippen LogP contribution is -2.50. The molecule has 1 aliphatic rings. The Labute approximate surface area is 116 Å². The third-order valence-corrected chi connectivity index (χ3v) is 2.93. The van der Waals surface area contributed by atoms with Gasteiger partial charge < -0.3 is 9.84 Å². The normalized spacial score (nSPS) is 18.6. The van der Waals surface area contributed by atoms with Crippen LogP contribution in [0.4, 0.5) is 10.6 Å². The minimum atomic E-state index is -1.07. The lowest BCUT2D eigenvalue weighted by Gasteiger charge is -2.33. The van der Waals surface area contributed by atoms with Gasteiger partial charge in [0.05, 0.1) is 0 Å². The number of hydrogen-bond acceptors (Lipinski definition) is 5. The van der Waals surface area contributed by atoms with E-state index in [0.29, 0.717) is 24.4 Å². The van der Waals surface area contributed by atoms with E-state index < -0.39 is 23.7 Å². The average Bonchev–Trinajstić information content (AvgIpc) is 2.67. The van der Waals surface area contributed by atoms with Crippen LogP contribution < -0.4 is 4.90 Å². The Hall–Kier alpha value is -2.12. The number of carbonyl (C=O) groups excluding carboxylic acids is 1. The van der Waals surface area contributed by atoms with Crippen LogP contribution in [0.2, 0.25) is 0 Å². The molecule has 0 spiro atoms. The van der Waals surface area contributed by atoms with Crippen molar-refractivity contribution in [1.82, 2.24) is 15.0 Å². The number of anilines is 1. The highest BCUT2D eigenvalue weighted by Crippen LogP contribution is 2.30. The predicted molar refractivity (Wildman–Crippen MR) is 69.5 cm³/mol. The summed E-state index contributed by atoms with van der Waals surface area (Å²) in [4.78, 5) is 24.8. The highest BCUT2D eigenvalue weighted by atomic mass is 16.6. The summed E-state index contributed by atoms with van der Waals surface area (Å²) in [5.74, 6) is -0.680. The molecular formula is C12H18N4O4. The van der Waals surface area contributed by atoms with Crippen LogP contribution in [-0.4, -0.2) is 43.8 Å². The van der Waals surface area contributed by atoms with Crippen LogP contribution in [0.5, 0.6) is 0 Å². The van der Waals surface area contributed by atoms with Crippen molar-refractivity contribution in [3.8, 4) is 0 Å². The molecule has 20 heavy (non-hydrogen) atoms. The van der Waals surface area contributed by atoms with E-state index in [1.54, 1.807) is 27.8 Å². The Balaban J connectivity index is 2.41. The van der Waals surface area contributed by atoms with Crippen LogP contribution in [0.3, 0.4) is 0 Å². The van der Waals surface area contributed by atoms with Crippen molar-refractivity contribution in [2.24, 2.45) is 7.05 Å². The molecule has 0 saturated heterocycles. The van der Waals surface area contributed by atoms with Crippen molar-refractivity contribution in [3.63, 3.8) is 0 Å². The Morgan fingerprint density at radius 3 is 2.60 bits per heavy atom. The topological polar surface area (TPSA) is 97.5 Å². The summed E-state index contributed by atoms with van der Waals surface area (Å²) in [5, 5.41) is 17.1. The molecule has 0 saturated carbocycles. The van der Waals surface area contributed by atoms with E-state index in [1.165, 1.54) is 4.68 Å². The molecule has 0 bridgehead atoms. The number of fused-ring (bicyclic) bond motifs is 1. The maximum absolute atomic E-state index is 12.3. The number of aryl methyl sites for hydroxylation is 2. The monoisotopic (exact) mass is 282 g/mol. The van der Waals surface area contributed by atoms with Gasteiger partial charge in [-0.05, 0) is 33.6 Å². The van der Waals surface area contributed by atoms with E-state index >= 15 is 0 Å². The molecule has 1 aromatic rings. The summed E-state index contributed by atoms with van der Waals surface area (Å²) < 4.78 is 6.69. The lowest BCUT2D eigenvalue weighted by atomic mass is 10.0. The van der Waals surface area contributed by atoms with Gasteiger partial charge in [0.2, 0.25) is 0 Å². The standard InChI is InChI=1S/C12H18N4O4/c1-12(2,3)20-11(19)16-8(10(17)18)6-5-7-9(16)15(4)14-13-7/h8H,5-6H2,1-4H3,(H,17,18). The van der Waals surface area contributed by atoms with E-state index in [0.717, 1.165) is 4.90 Å². The van der Waals surface area contributed by atoms with Gasteiger partial charge in [0, 0.05) is 7.05 Å². The molecule has 0 aliphatic carbocycles. The largest absolute Gasteiger partial charge is 0.480 e. The SMILES string of the molecule is Cn1nnc2c1N(C(=O)OC(C)(C)C)C(C(=O)O)CC2. The third-order valence-electron chi connectivity index (χ3n) is 2.93. The van der Waals surface area contributed by atoms with Crippen LogP contribution in [0.1, 0.15) is 32.9 Å². The fourth-order valence-corrected chi connectivity index (χ4v) is 2.16. The number of carbonyl (C=O) groups is 2. The smallest absolute Gasteiger partial charge is 0.416 e. The van der Waals surface area contributed by atoms with Gasteiger partial charge in [0.15, 0.2) is 5.82 Å². The lowest BCUT2D eigenvalue weighted by molar-refractivity contribution is -0.138. The minimum Gasteiger partial charge on any atom is -0.480 e. The van der Waals surface area contributed by atoms with Crippen molar-refractivity contribution in [2.75, 3.05) is 4.90 Å². The number of carboxylic acid groups (broad SMARTS) is 1. The second kappa shape index (κ2) is 4.77. The maximum Gasteiger partial charge on any atom is 0.416 e. The first-order chi connectivity index (χ1) is 9.20. The highest BCUT2D eigenvalue weighted by Gasteiger charge is 2.40. The molecule has 1 amide bonds. The zero-order valence-corrected chi connectivity index (χ0v) is 12.0. The summed E-state index contributed by atoms with van der Waals surface area (Å²) in [6.07, 6.45) is 0.0657. The number of ether oxygens (including phenoxy) is 1. The minimum absolute atomic E-state index is 0.292. The Kier molecular flexibility index (Phi) is 3.41. The number of hydrogen-bond donors (Lipinski definition) is 1. The number of aromatic nitrogens is 3. The summed E-state index contributed by atoms with van der Waals surface area (Å²) in [6.45, 7) is 5.19. The molecule has 2 rings (SSSR count). The van der Waals surface area contributed by atoms with Gasteiger partial charge in [-0.1, -0.05) is 5.21 Å². The molecule has 0 fully saturated rings. The van der Waals surface area contributed by atoms with E-state index in [9.17, 15) is 14.7 Å². The molecule has 1 N–H and O–H groups in total. The Morgan fingerprint density at radius 2 is 2.05 bits per heavy atom. The van der Waals surface area contributed by atoms with Gasteiger partial charge in [-0.15, -0.1) is 5.10 Å². The van der Waals surface area contributed by atoms with Gasteiger partial charge in [0.25, 0.3) is 0 Å². The Bertz CT molecular complexity index is 546. The van der Waals surface area contributed by atoms with Crippen molar-refractivity contribution in [2.45, 2.75) is 45.3 Å². The number of carboxylic acids is 1. The highest BCUT2D eigenvalue weighted by molar-refractivity contribution is 5.95. The molecule has 110 valence electrons. The molecule has 0 radical (unpaired) electrons. The van der Waals surface area contributed by atoms with Gasteiger partial charge in [-0.3, -0.25) is 0 Å². The van der Waals surface area contributed by atoms with Gasteiger partial charge in [0.1, 0.15) is 17.3 Å². The summed E-state index contributed by atoms with van der Waals surface area (Å²) in [5.41, 5.74) is -0.0973. The average molecular weight is 282 g/mol. The number of nitrogens with zero attached hydrogens (tertiary/aromatic N) is 4. The van der Waals surface area contributed by atoms with Crippen LogP contribution >= 0.6 is 0 Å². The first-order valence-electron chi connectivity index (χ1n) is 6.34.